The highest BCUT2D eigenvalue weighted by atomic mass is 13.6. The van der Waals surface area contributed by atoms with E-state index in [0.717, 1.165) is 0 Å². The van der Waals surface area contributed by atoms with Gasteiger partial charge in [-0.1, -0.05) is 11.8 Å². The molecule has 0 heteroatoms. The fraction of sp³-hybridized carbons (Fsp3) is 0. The molecule has 0 unspecified atom stereocenters. The lowest BCUT2D eigenvalue weighted by Gasteiger charge is -1.64. The summed E-state index contributed by atoms with van der Waals surface area (Å²) in [7, 11) is 0. The fourth-order valence-corrected chi connectivity index (χ4v) is 0.359. The minimum atomic E-state index is 1.67. The van der Waals surface area contributed by atoms with Crippen molar-refractivity contribution in [2.24, 2.45) is 0 Å². The van der Waals surface area contributed by atoms with Gasteiger partial charge in [-0.25, -0.2) is 0 Å². The zero-order valence-corrected chi connectivity index (χ0v) is 4.31. The van der Waals surface area contributed by atoms with E-state index in [1.165, 1.54) is 0 Å². The molecule has 0 spiro atoms. The highest BCUT2D eigenvalue weighted by Gasteiger charge is 1.58. The molecule has 0 fully saturated rings. The van der Waals surface area contributed by atoms with E-state index in [2.05, 4.69) is 23.3 Å². The summed E-state index contributed by atoms with van der Waals surface area (Å²) >= 11 is 0. The molecule has 1 rings (SSSR count). The van der Waals surface area contributed by atoms with Gasteiger partial charge in [0.2, 0.25) is 0 Å². The number of hydrogen-bond donors (Lipinski definition) is 0. The first-order valence-electron chi connectivity index (χ1n) is 2.32. The summed E-state index contributed by atoms with van der Waals surface area (Å²) < 4.78 is 0. The summed E-state index contributed by atoms with van der Waals surface area (Å²) in [6, 6.07) is 0. The SMILES string of the molecule is C1=CC#CC=C=CC=1. The van der Waals surface area contributed by atoms with Gasteiger partial charge in [-0.3, -0.25) is 0 Å². The first kappa shape index (κ1) is 4.75. The summed E-state index contributed by atoms with van der Waals surface area (Å²) in [5, 5.41) is 0. The molecule has 0 saturated heterocycles. The van der Waals surface area contributed by atoms with E-state index < -0.39 is 0 Å². The van der Waals surface area contributed by atoms with Crippen LogP contribution in [0.25, 0.3) is 0 Å². The van der Waals surface area contributed by atoms with Gasteiger partial charge in [0.15, 0.2) is 0 Å². The minimum Gasteiger partial charge on any atom is -0.111 e. The Bertz CT molecular complexity index is 217. The Morgan fingerprint density at radius 1 is 0.750 bits per heavy atom. The molecule has 0 aromatic rings. The minimum absolute atomic E-state index is 1.67. The maximum absolute atomic E-state index is 2.83. The Labute approximate surface area is 48.5 Å². The third-order valence-electron chi connectivity index (χ3n) is 0.670. The summed E-state index contributed by atoms with van der Waals surface area (Å²) in [6.45, 7) is 0. The summed E-state index contributed by atoms with van der Waals surface area (Å²) in [5.74, 6) is 5.46. The van der Waals surface area contributed by atoms with E-state index in [4.69, 9.17) is 0 Å². The van der Waals surface area contributed by atoms with E-state index in [9.17, 15) is 0 Å². The second-order valence-corrected chi connectivity index (χ2v) is 1.24. The van der Waals surface area contributed by atoms with Crippen LogP contribution in [0, 0.1) is 11.8 Å². The molecule has 8 heavy (non-hydrogen) atoms. The van der Waals surface area contributed by atoms with Crippen molar-refractivity contribution >= 4 is 0 Å². The van der Waals surface area contributed by atoms with Crippen LogP contribution in [-0.2, 0) is 0 Å². The molecule has 0 amide bonds. The topological polar surface area (TPSA) is 0 Å². The van der Waals surface area contributed by atoms with Crippen LogP contribution < -0.4 is 0 Å². The third kappa shape index (κ3) is 1.37. The first-order chi connectivity index (χ1) is 4.00. The van der Waals surface area contributed by atoms with E-state index in [1.807, 2.05) is 0 Å². The van der Waals surface area contributed by atoms with Crippen LogP contribution in [-0.4, -0.2) is 0 Å². The van der Waals surface area contributed by atoms with Crippen molar-refractivity contribution < 1.29 is 0 Å². The molecule has 1 aliphatic carbocycles. The Hall–Kier alpha value is -1.40. The van der Waals surface area contributed by atoms with Crippen molar-refractivity contribution in [1.29, 1.82) is 0 Å². The van der Waals surface area contributed by atoms with Gasteiger partial charge in [-0.05, 0) is 12.2 Å². The van der Waals surface area contributed by atoms with Crippen LogP contribution in [0.1, 0.15) is 0 Å². The fourth-order valence-electron chi connectivity index (χ4n) is 0.359. The lowest BCUT2D eigenvalue weighted by atomic mass is 10.4. The van der Waals surface area contributed by atoms with Gasteiger partial charge in [0.25, 0.3) is 0 Å². The van der Waals surface area contributed by atoms with E-state index >= 15 is 0 Å². The van der Waals surface area contributed by atoms with Crippen LogP contribution >= 0.6 is 0 Å². The molecule has 0 N–H and O–H groups in total. The molecule has 0 radical (unpaired) electrons. The smallest absolute Gasteiger partial charge is 0.0305 e. The molecule has 1 aliphatic rings. The highest BCUT2D eigenvalue weighted by Crippen LogP contribution is 1.74. The molecule has 36 valence electrons. The number of rotatable bonds is 0. The van der Waals surface area contributed by atoms with Gasteiger partial charge in [-0.15, -0.1) is 11.5 Å². The molecule has 0 aromatic heterocycles. The van der Waals surface area contributed by atoms with Crippen molar-refractivity contribution in [2.45, 2.75) is 0 Å². The average molecular weight is 100 g/mol. The van der Waals surface area contributed by atoms with Crippen LogP contribution in [0.15, 0.2) is 35.8 Å². The van der Waals surface area contributed by atoms with Crippen molar-refractivity contribution in [1.82, 2.24) is 0 Å². The molecule has 0 bridgehead atoms. The van der Waals surface area contributed by atoms with Gasteiger partial charge in [0, 0.05) is 12.2 Å². The maximum atomic E-state index is 2.83. The van der Waals surface area contributed by atoms with Crippen molar-refractivity contribution in [3.8, 4) is 11.8 Å². The molecule has 0 aromatic carbocycles. The highest BCUT2D eigenvalue weighted by molar-refractivity contribution is 5.26. The quantitative estimate of drug-likeness (QED) is 0.319. The van der Waals surface area contributed by atoms with Crippen molar-refractivity contribution in [3.05, 3.63) is 35.8 Å². The first-order valence-corrected chi connectivity index (χ1v) is 2.32. The lowest BCUT2D eigenvalue weighted by molar-refractivity contribution is 1.97. The Balaban J connectivity index is 3.07. The van der Waals surface area contributed by atoms with Crippen LogP contribution in [0.3, 0.4) is 0 Å². The normalized spacial score (nSPS) is 12.0. The molecule has 0 saturated carbocycles. The van der Waals surface area contributed by atoms with Crippen LogP contribution in [0.2, 0.25) is 0 Å². The van der Waals surface area contributed by atoms with Gasteiger partial charge in [0.1, 0.15) is 0 Å². The van der Waals surface area contributed by atoms with E-state index in [1.54, 1.807) is 24.3 Å². The Morgan fingerprint density at radius 2 is 1.25 bits per heavy atom. The van der Waals surface area contributed by atoms with Crippen LogP contribution in [0.4, 0.5) is 0 Å². The molecule has 0 nitrogen and oxygen atoms in total. The van der Waals surface area contributed by atoms with E-state index in [-0.39, 0.29) is 0 Å². The lowest BCUT2D eigenvalue weighted by Crippen LogP contribution is -1.50. The second kappa shape index (κ2) is 2.72. The molecular formula is C8H4. The summed E-state index contributed by atoms with van der Waals surface area (Å²) in [4.78, 5) is 0. The third-order valence-corrected chi connectivity index (χ3v) is 0.670. The van der Waals surface area contributed by atoms with Gasteiger partial charge < -0.3 is 0 Å². The molecule has 0 aliphatic heterocycles. The molecule has 0 atom stereocenters. The average Bonchev–Trinajstić information content (AvgIpc) is 1.62. The Morgan fingerprint density at radius 3 is 1.75 bits per heavy atom. The summed E-state index contributed by atoms with van der Waals surface area (Å²) in [5.41, 5.74) is 5.65. The maximum Gasteiger partial charge on any atom is 0.0305 e. The van der Waals surface area contributed by atoms with Gasteiger partial charge in [0.05, 0.1) is 0 Å². The number of hydrogen-bond acceptors (Lipinski definition) is 0. The van der Waals surface area contributed by atoms with Gasteiger partial charge in [-0.2, -0.15) is 0 Å². The van der Waals surface area contributed by atoms with Gasteiger partial charge >= 0.3 is 0 Å². The van der Waals surface area contributed by atoms with E-state index in [0.29, 0.717) is 0 Å². The largest absolute Gasteiger partial charge is 0.111 e. The monoisotopic (exact) mass is 100 g/mol. The van der Waals surface area contributed by atoms with Crippen molar-refractivity contribution in [2.75, 3.05) is 0 Å². The van der Waals surface area contributed by atoms with Crippen molar-refractivity contribution in [3.63, 3.8) is 0 Å². The van der Waals surface area contributed by atoms with Crippen LogP contribution in [0.5, 0.6) is 0 Å². The predicted molar refractivity (Wildman–Crippen MR) is 33.1 cm³/mol. The second-order valence-electron chi connectivity index (χ2n) is 1.24. The zero-order chi connectivity index (χ0) is 5.66. The number of allylic oxidation sites excluding steroid dienone is 2. The zero-order valence-electron chi connectivity index (χ0n) is 4.31. The Kier molecular flexibility index (Phi) is 1.62. The summed E-state index contributed by atoms with van der Waals surface area (Å²) in [6.07, 6.45) is 6.89. The molecular weight excluding hydrogens is 96.1 g/mol. The standard InChI is InChI=1S/C8H4/c1-2-4-6-8-7-5-3-1/h1-2,5-6H. The predicted octanol–water partition coefficient (Wildman–Crippen LogP) is 1.43. The molecule has 0 heterocycles.